The Hall–Kier alpha value is -2.23. The summed E-state index contributed by atoms with van der Waals surface area (Å²) < 4.78 is 13.5. The molecule has 8 heteroatoms. The van der Waals surface area contributed by atoms with Crippen molar-refractivity contribution in [3.8, 4) is 0 Å². The Bertz CT molecular complexity index is 870. The quantitative estimate of drug-likeness (QED) is 0.303. The minimum absolute atomic E-state index is 0. The van der Waals surface area contributed by atoms with Gasteiger partial charge in [-0.05, 0) is 49.6 Å². The summed E-state index contributed by atoms with van der Waals surface area (Å²) in [7, 11) is 1.69. The molecular formula is C21H27FIN5O. The zero-order valence-electron chi connectivity index (χ0n) is 16.7. The first kappa shape index (κ1) is 23.1. The van der Waals surface area contributed by atoms with Crippen LogP contribution >= 0.6 is 24.0 Å². The monoisotopic (exact) mass is 511 g/mol. The topological polar surface area (TPSA) is 78.4 Å². The summed E-state index contributed by atoms with van der Waals surface area (Å²) in [4.78, 5) is 20.5. The molecule has 0 bridgehead atoms. The second-order valence-corrected chi connectivity index (χ2v) is 7.11. The highest BCUT2D eigenvalue weighted by Crippen LogP contribution is 2.47. The molecule has 0 aliphatic heterocycles. The number of hydrogen-bond acceptors (Lipinski definition) is 3. The van der Waals surface area contributed by atoms with E-state index in [1.807, 2.05) is 25.1 Å². The van der Waals surface area contributed by atoms with Crippen molar-refractivity contribution in [1.82, 2.24) is 15.6 Å². The minimum Gasteiger partial charge on any atom is -0.356 e. The fraction of sp³-hybridized carbons (Fsp3) is 0.381. The number of guanidine groups is 1. The van der Waals surface area contributed by atoms with Crippen LogP contribution in [0, 0.1) is 12.7 Å². The number of carbonyl (C=O) groups excluding carboxylic acids is 1. The van der Waals surface area contributed by atoms with Gasteiger partial charge in [-0.3, -0.25) is 9.79 Å². The van der Waals surface area contributed by atoms with Crippen molar-refractivity contribution in [2.45, 2.75) is 31.6 Å². The Labute approximate surface area is 187 Å². The highest BCUT2D eigenvalue weighted by Gasteiger charge is 2.44. The smallest absolute Gasteiger partial charge is 0.227 e. The lowest BCUT2D eigenvalue weighted by molar-refractivity contribution is -0.116. The highest BCUT2D eigenvalue weighted by molar-refractivity contribution is 14.0. The van der Waals surface area contributed by atoms with E-state index in [0.29, 0.717) is 31.3 Å². The summed E-state index contributed by atoms with van der Waals surface area (Å²) in [6.45, 7) is 3.00. The van der Waals surface area contributed by atoms with Crippen molar-refractivity contribution >= 4 is 41.7 Å². The predicted molar refractivity (Wildman–Crippen MR) is 124 cm³/mol. The van der Waals surface area contributed by atoms with Gasteiger partial charge < -0.3 is 16.0 Å². The Balaban J connectivity index is 0.00000300. The Kier molecular flexibility index (Phi) is 8.36. The standard InChI is InChI=1S/C21H26FN5O.HI/c1-15-5-3-8-18(26-15)27-19(28)9-12-24-20(23-2)25-14-21(10-11-21)16-6-4-7-17(22)13-16;/h3-8,13H,9-12,14H2,1-2H3,(H2,23,24,25)(H,26,27,28);1H. The summed E-state index contributed by atoms with van der Waals surface area (Å²) in [6.07, 6.45) is 2.34. The number of amides is 1. The van der Waals surface area contributed by atoms with Crippen LogP contribution in [0.4, 0.5) is 10.2 Å². The molecule has 2 aromatic rings. The zero-order valence-corrected chi connectivity index (χ0v) is 19.0. The molecule has 1 aliphatic rings. The molecular weight excluding hydrogens is 484 g/mol. The average molecular weight is 511 g/mol. The second kappa shape index (κ2) is 10.5. The van der Waals surface area contributed by atoms with Gasteiger partial charge in [0.2, 0.25) is 5.91 Å². The molecule has 29 heavy (non-hydrogen) atoms. The molecule has 3 rings (SSSR count). The number of benzene rings is 1. The third kappa shape index (κ3) is 6.66. The van der Waals surface area contributed by atoms with Gasteiger partial charge in [-0.15, -0.1) is 24.0 Å². The van der Waals surface area contributed by atoms with Crippen LogP contribution in [0.5, 0.6) is 0 Å². The third-order valence-corrected chi connectivity index (χ3v) is 4.91. The van der Waals surface area contributed by atoms with E-state index in [1.54, 1.807) is 25.2 Å². The van der Waals surface area contributed by atoms with Crippen LogP contribution < -0.4 is 16.0 Å². The van der Waals surface area contributed by atoms with E-state index in [4.69, 9.17) is 0 Å². The van der Waals surface area contributed by atoms with Gasteiger partial charge >= 0.3 is 0 Å². The van der Waals surface area contributed by atoms with Crippen molar-refractivity contribution in [3.05, 3.63) is 59.5 Å². The highest BCUT2D eigenvalue weighted by atomic mass is 127. The molecule has 6 nitrogen and oxygen atoms in total. The van der Waals surface area contributed by atoms with E-state index in [0.717, 1.165) is 24.1 Å². The van der Waals surface area contributed by atoms with E-state index in [2.05, 4.69) is 25.9 Å². The van der Waals surface area contributed by atoms with E-state index in [9.17, 15) is 9.18 Å². The SMILES string of the molecule is CN=C(NCCC(=O)Nc1cccc(C)n1)NCC1(c2cccc(F)c2)CC1.I. The predicted octanol–water partition coefficient (Wildman–Crippen LogP) is 3.37. The molecule has 0 spiro atoms. The Morgan fingerprint density at radius 3 is 2.62 bits per heavy atom. The van der Waals surface area contributed by atoms with Crippen molar-refractivity contribution in [2.75, 3.05) is 25.5 Å². The summed E-state index contributed by atoms with van der Waals surface area (Å²) in [5.74, 6) is 0.863. The number of anilines is 1. The second-order valence-electron chi connectivity index (χ2n) is 7.11. The molecule has 0 saturated heterocycles. The first-order valence-corrected chi connectivity index (χ1v) is 9.45. The molecule has 1 aromatic carbocycles. The molecule has 1 saturated carbocycles. The number of aromatic nitrogens is 1. The largest absolute Gasteiger partial charge is 0.356 e. The molecule has 3 N–H and O–H groups in total. The van der Waals surface area contributed by atoms with Gasteiger partial charge in [0, 0.05) is 37.7 Å². The van der Waals surface area contributed by atoms with Crippen molar-refractivity contribution < 1.29 is 9.18 Å². The minimum atomic E-state index is -0.208. The van der Waals surface area contributed by atoms with Crippen LogP contribution in [0.25, 0.3) is 0 Å². The number of carbonyl (C=O) groups is 1. The van der Waals surface area contributed by atoms with Gasteiger partial charge in [-0.25, -0.2) is 9.37 Å². The van der Waals surface area contributed by atoms with Gasteiger partial charge in [-0.1, -0.05) is 18.2 Å². The number of hydrogen-bond donors (Lipinski definition) is 3. The number of nitrogens with one attached hydrogen (secondary N) is 3. The summed E-state index contributed by atoms with van der Waals surface area (Å²) in [5.41, 5.74) is 1.84. The van der Waals surface area contributed by atoms with Crippen molar-refractivity contribution in [2.24, 2.45) is 4.99 Å². The van der Waals surface area contributed by atoms with Crippen LogP contribution in [0.2, 0.25) is 0 Å². The lowest BCUT2D eigenvalue weighted by Crippen LogP contribution is -2.42. The first-order chi connectivity index (χ1) is 13.5. The van der Waals surface area contributed by atoms with E-state index in [-0.39, 0.29) is 41.1 Å². The number of aryl methyl sites for hydroxylation is 1. The molecule has 0 unspecified atom stereocenters. The van der Waals surface area contributed by atoms with Crippen LogP contribution in [0.15, 0.2) is 47.5 Å². The van der Waals surface area contributed by atoms with Crippen LogP contribution in [0.3, 0.4) is 0 Å². The van der Waals surface area contributed by atoms with Crippen LogP contribution in [-0.4, -0.2) is 37.0 Å². The van der Waals surface area contributed by atoms with Gasteiger partial charge in [0.05, 0.1) is 0 Å². The molecule has 1 aromatic heterocycles. The number of nitrogens with zero attached hydrogens (tertiary/aromatic N) is 2. The van der Waals surface area contributed by atoms with Gasteiger partial charge in [-0.2, -0.15) is 0 Å². The number of pyridine rings is 1. The van der Waals surface area contributed by atoms with E-state index in [1.165, 1.54) is 6.07 Å². The average Bonchev–Trinajstić information content (AvgIpc) is 3.46. The normalized spacial score (nSPS) is 14.5. The van der Waals surface area contributed by atoms with Crippen LogP contribution in [0.1, 0.15) is 30.5 Å². The molecule has 1 amide bonds. The number of rotatable bonds is 7. The molecule has 1 fully saturated rings. The van der Waals surface area contributed by atoms with Crippen LogP contribution in [-0.2, 0) is 10.2 Å². The summed E-state index contributed by atoms with van der Waals surface area (Å²) in [5, 5.41) is 9.22. The van der Waals surface area contributed by atoms with Gasteiger partial charge in [0.1, 0.15) is 11.6 Å². The van der Waals surface area contributed by atoms with Gasteiger partial charge in [0.15, 0.2) is 5.96 Å². The summed E-state index contributed by atoms with van der Waals surface area (Å²) in [6, 6.07) is 12.3. The number of halogens is 2. The van der Waals surface area contributed by atoms with Crippen molar-refractivity contribution in [1.29, 1.82) is 0 Å². The maximum atomic E-state index is 13.5. The third-order valence-electron chi connectivity index (χ3n) is 4.91. The molecule has 0 radical (unpaired) electrons. The lowest BCUT2D eigenvalue weighted by atomic mass is 9.96. The van der Waals surface area contributed by atoms with Gasteiger partial charge in [0.25, 0.3) is 0 Å². The molecule has 156 valence electrons. The molecule has 0 atom stereocenters. The first-order valence-electron chi connectivity index (χ1n) is 9.45. The fourth-order valence-electron chi connectivity index (χ4n) is 3.12. The van der Waals surface area contributed by atoms with Crippen molar-refractivity contribution in [3.63, 3.8) is 0 Å². The lowest BCUT2D eigenvalue weighted by Gasteiger charge is -2.19. The fourth-order valence-corrected chi connectivity index (χ4v) is 3.12. The maximum absolute atomic E-state index is 13.5. The van der Waals surface area contributed by atoms with E-state index < -0.39 is 0 Å². The number of aliphatic imine (C=N–C) groups is 1. The zero-order chi connectivity index (χ0) is 20.0. The summed E-state index contributed by atoms with van der Waals surface area (Å²) >= 11 is 0. The molecule has 1 heterocycles. The molecule has 1 aliphatic carbocycles. The Morgan fingerprint density at radius 2 is 1.97 bits per heavy atom. The Morgan fingerprint density at radius 1 is 1.21 bits per heavy atom. The van der Waals surface area contributed by atoms with E-state index >= 15 is 0 Å². The maximum Gasteiger partial charge on any atom is 0.227 e.